The van der Waals surface area contributed by atoms with E-state index in [1.807, 2.05) is 54.6 Å². The highest BCUT2D eigenvalue weighted by molar-refractivity contribution is 14.1. The summed E-state index contributed by atoms with van der Waals surface area (Å²) in [4.78, 5) is 15.0. The summed E-state index contributed by atoms with van der Waals surface area (Å²) >= 11 is 8.72. The number of methoxy groups -OCH3 is 1. The lowest BCUT2D eigenvalue weighted by molar-refractivity contribution is -0.113. The Morgan fingerprint density at radius 3 is 2.62 bits per heavy atom. The minimum Gasteiger partial charge on any atom is -0.504 e. The van der Waals surface area contributed by atoms with Crippen molar-refractivity contribution >= 4 is 68.6 Å². The van der Waals surface area contributed by atoms with Crippen molar-refractivity contribution in [3.63, 3.8) is 0 Å². The number of anilines is 1. The first-order chi connectivity index (χ1) is 12.3. The molecule has 1 heterocycles. The average molecular weight is 497 g/mol. The van der Waals surface area contributed by atoms with Crippen LogP contribution in [0.15, 0.2) is 35.2 Å². The fourth-order valence-corrected chi connectivity index (χ4v) is 4.46. The Morgan fingerprint density at radius 2 is 1.96 bits per heavy atom. The van der Waals surface area contributed by atoms with Crippen molar-refractivity contribution in [2.75, 3.05) is 12.0 Å². The van der Waals surface area contributed by atoms with Gasteiger partial charge in [-0.3, -0.25) is 9.69 Å². The maximum absolute atomic E-state index is 12.9. The van der Waals surface area contributed by atoms with Gasteiger partial charge < -0.3 is 9.84 Å². The standard InChI is InChI=1S/C19H16INO3S2/c1-10-4-5-13(6-11(10)2)21-18(23)16(26-19(21)25)9-12-7-14(20)17(22)15(8-12)24-3/h4-9,22H,1-3H3/b16-9+. The summed E-state index contributed by atoms with van der Waals surface area (Å²) in [7, 11) is 1.49. The number of thiocarbonyl (C=S) groups is 1. The molecule has 0 radical (unpaired) electrons. The summed E-state index contributed by atoms with van der Waals surface area (Å²) in [5, 5.41) is 9.96. The van der Waals surface area contributed by atoms with Crippen LogP contribution in [0.25, 0.3) is 6.08 Å². The second-order valence-corrected chi connectivity index (χ2v) is 8.68. The van der Waals surface area contributed by atoms with E-state index in [0.717, 1.165) is 16.8 Å². The van der Waals surface area contributed by atoms with Crippen LogP contribution in [0.2, 0.25) is 0 Å². The number of hydrogen-bond acceptors (Lipinski definition) is 5. The van der Waals surface area contributed by atoms with Crippen molar-refractivity contribution in [3.8, 4) is 11.5 Å². The lowest BCUT2D eigenvalue weighted by atomic mass is 10.1. The Hall–Kier alpha value is -1.58. The van der Waals surface area contributed by atoms with Crippen LogP contribution in [0.4, 0.5) is 5.69 Å². The van der Waals surface area contributed by atoms with Gasteiger partial charge in [0, 0.05) is 0 Å². The molecule has 1 fully saturated rings. The smallest absolute Gasteiger partial charge is 0.270 e. The van der Waals surface area contributed by atoms with Crippen molar-refractivity contribution in [2.45, 2.75) is 13.8 Å². The molecule has 1 N–H and O–H groups in total. The lowest BCUT2D eigenvalue weighted by Crippen LogP contribution is -2.27. The van der Waals surface area contributed by atoms with Gasteiger partial charge in [0.05, 0.1) is 21.3 Å². The summed E-state index contributed by atoms with van der Waals surface area (Å²) in [5.41, 5.74) is 3.82. The number of amides is 1. The van der Waals surface area contributed by atoms with E-state index in [0.29, 0.717) is 18.5 Å². The summed E-state index contributed by atoms with van der Waals surface area (Å²) in [6.45, 7) is 4.04. The Labute approximate surface area is 175 Å². The summed E-state index contributed by atoms with van der Waals surface area (Å²) in [5.74, 6) is 0.311. The molecule has 134 valence electrons. The Balaban J connectivity index is 1.97. The molecular formula is C19H16INO3S2. The first-order valence-electron chi connectivity index (χ1n) is 7.73. The Kier molecular flexibility index (Phi) is 5.59. The number of ether oxygens (including phenoxy) is 1. The second-order valence-electron chi connectivity index (χ2n) is 5.84. The number of thioether (sulfide) groups is 1. The van der Waals surface area contributed by atoms with E-state index >= 15 is 0 Å². The fraction of sp³-hybridized carbons (Fsp3) is 0.158. The van der Waals surface area contributed by atoms with Crippen molar-refractivity contribution < 1.29 is 14.6 Å². The molecule has 7 heteroatoms. The molecule has 0 bridgehead atoms. The third-order valence-electron chi connectivity index (χ3n) is 4.11. The maximum Gasteiger partial charge on any atom is 0.270 e. The molecule has 3 rings (SSSR count). The molecule has 0 unspecified atom stereocenters. The van der Waals surface area contributed by atoms with Gasteiger partial charge in [0.15, 0.2) is 15.8 Å². The third-order valence-corrected chi connectivity index (χ3v) is 6.24. The number of rotatable bonds is 3. The van der Waals surface area contributed by atoms with E-state index in [1.54, 1.807) is 23.1 Å². The number of aromatic hydroxyl groups is 1. The third kappa shape index (κ3) is 3.60. The van der Waals surface area contributed by atoms with E-state index < -0.39 is 0 Å². The predicted molar refractivity (Wildman–Crippen MR) is 119 cm³/mol. The van der Waals surface area contributed by atoms with Crippen LogP contribution in [0.5, 0.6) is 11.5 Å². The molecule has 2 aromatic carbocycles. The van der Waals surface area contributed by atoms with Crippen molar-refractivity contribution in [3.05, 3.63) is 55.5 Å². The summed E-state index contributed by atoms with van der Waals surface area (Å²) in [6, 6.07) is 9.35. The van der Waals surface area contributed by atoms with Gasteiger partial charge in [0.2, 0.25) is 0 Å². The topological polar surface area (TPSA) is 49.8 Å². The summed E-state index contributed by atoms with van der Waals surface area (Å²) in [6.07, 6.45) is 1.77. The Bertz CT molecular complexity index is 956. The van der Waals surface area contributed by atoms with Crippen LogP contribution in [0.1, 0.15) is 16.7 Å². The highest BCUT2D eigenvalue weighted by atomic mass is 127. The zero-order valence-corrected chi connectivity index (χ0v) is 18.2. The Morgan fingerprint density at radius 1 is 1.23 bits per heavy atom. The minimum absolute atomic E-state index is 0.0907. The molecule has 1 amide bonds. The minimum atomic E-state index is -0.148. The molecular weight excluding hydrogens is 481 g/mol. The van der Waals surface area contributed by atoms with E-state index in [2.05, 4.69) is 0 Å². The van der Waals surface area contributed by atoms with Gasteiger partial charge in [-0.05, 0) is 83.5 Å². The van der Waals surface area contributed by atoms with Gasteiger partial charge in [0.1, 0.15) is 0 Å². The van der Waals surface area contributed by atoms with Crippen LogP contribution in [0, 0.1) is 17.4 Å². The number of carbonyl (C=O) groups excluding carboxylic acids is 1. The van der Waals surface area contributed by atoms with Crippen molar-refractivity contribution in [1.82, 2.24) is 0 Å². The molecule has 1 aliphatic rings. The van der Waals surface area contributed by atoms with Crippen LogP contribution >= 0.6 is 46.6 Å². The molecule has 0 atom stereocenters. The largest absolute Gasteiger partial charge is 0.504 e. The lowest BCUT2D eigenvalue weighted by Gasteiger charge is -2.16. The highest BCUT2D eigenvalue weighted by Crippen LogP contribution is 2.38. The van der Waals surface area contributed by atoms with Gasteiger partial charge in [0.25, 0.3) is 5.91 Å². The zero-order valence-electron chi connectivity index (χ0n) is 14.4. The van der Waals surface area contributed by atoms with Gasteiger partial charge >= 0.3 is 0 Å². The van der Waals surface area contributed by atoms with Crippen molar-refractivity contribution in [2.24, 2.45) is 0 Å². The molecule has 1 aliphatic heterocycles. The van der Waals surface area contributed by atoms with Crippen LogP contribution in [-0.4, -0.2) is 22.4 Å². The molecule has 0 spiro atoms. The number of phenols is 1. The summed E-state index contributed by atoms with van der Waals surface area (Å²) < 4.78 is 6.34. The first kappa shape index (κ1) is 19.2. The molecule has 4 nitrogen and oxygen atoms in total. The molecule has 26 heavy (non-hydrogen) atoms. The SMILES string of the molecule is COc1cc(/C=C2/SC(=S)N(c3ccc(C)c(C)c3)C2=O)cc(I)c1O. The van der Waals surface area contributed by atoms with Crippen LogP contribution < -0.4 is 9.64 Å². The number of aryl methyl sites for hydroxylation is 2. The number of halogens is 1. The number of carbonyl (C=O) groups is 1. The fourth-order valence-electron chi connectivity index (χ4n) is 2.54. The van der Waals surface area contributed by atoms with Crippen LogP contribution in [-0.2, 0) is 4.79 Å². The van der Waals surface area contributed by atoms with E-state index in [9.17, 15) is 9.90 Å². The number of benzene rings is 2. The predicted octanol–water partition coefficient (Wildman–Crippen LogP) is 5.03. The quantitative estimate of drug-likeness (QED) is 0.367. The molecule has 0 saturated carbocycles. The van der Waals surface area contributed by atoms with Gasteiger partial charge in [-0.15, -0.1) is 0 Å². The molecule has 0 aromatic heterocycles. The number of phenolic OH excluding ortho intramolecular Hbond substituents is 1. The number of hydrogen-bond donors (Lipinski definition) is 1. The molecule has 2 aromatic rings. The van der Waals surface area contributed by atoms with E-state index in [4.69, 9.17) is 17.0 Å². The van der Waals surface area contributed by atoms with Gasteiger partial charge in [-0.2, -0.15) is 0 Å². The van der Waals surface area contributed by atoms with Gasteiger partial charge in [-0.25, -0.2) is 0 Å². The average Bonchev–Trinajstić information content (AvgIpc) is 2.87. The maximum atomic E-state index is 12.9. The molecule has 0 aliphatic carbocycles. The second kappa shape index (κ2) is 7.58. The van der Waals surface area contributed by atoms with E-state index in [-0.39, 0.29) is 11.7 Å². The highest BCUT2D eigenvalue weighted by Gasteiger charge is 2.33. The normalized spacial score (nSPS) is 15.8. The van der Waals surface area contributed by atoms with E-state index in [1.165, 1.54) is 24.4 Å². The van der Waals surface area contributed by atoms with Gasteiger partial charge in [-0.1, -0.05) is 30.0 Å². The first-order valence-corrected chi connectivity index (χ1v) is 10.0. The zero-order chi connectivity index (χ0) is 19.0. The van der Waals surface area contributed by atoms with Crippen molar-refractivity contribution in [1.29, 1.82) is 0 Å². The molecule has 1 saturated heterocycles. The van der Waals surface area contributed by atoms with Crippen LogP contribution in [0.3, 0.4) is 0 Å². The monoisotopic (exact) mass is 497 g/mol. The number of nitrogens with zero attached hydrogens (tertiary/aromatic N) is 1.